The van der Waals surface area contributed by atoms with E-state index >= 15 is 0 Å². The van der Waals surface area contributed by atoms with Crippen molar-refractivity contribution in [1.29, 1.82) is 0 Å². The number of pyridine rings is 1. The topological polar surface area (TPSA) is 94.9 Å². The van der Waals surface area contributed by atoms with Gasteiger partial charge in [-0.1, -0.05) is 32.6 Å². The van der Waals surface area contributed by atoms with Gasteiger partial charge in [-0.25, -0.2) is 0 Å². The van der Waals surface area contributed by atoms with Gasteiger partial charge in [-0.05, 0) is 55.8 Å². The molecular formula is C25H37N3O4. The molecule has 3 N–H and O–H groups in total. The third-order valence-electron chi connectivity index (χ3n) is 6.51. The molecule has 1 aliphatic rings. The van der Waals surface area contributed by atoms with E-state index in [-0.39, 0.29) is 6.04 Å². The minimum atomic E-state index is -0.772. The van der Waals surface area contributed by atoms with Gasteiger partial charge in [0.25, 0.3) is 0 Å². The lowest BCUT2D eigenvalue weighted by molar-refractivity contribution is -0.144. The standard InChI is InChI=1S/C25H37N3O4/c1-3-4-5-6-7-13-28-14-11-23(21(17-28)25(30)31)27-16-24(29)19-10-12-26-22-9-8-18(32-2)15-20(19)22/h8-10,12,15,21,23-24,27,29H,3-7,11,13-14,16-17H2,1-2H3,(H,30,31)/t21-,23+,24-/m0/s1. The van der Waals surface area contributed by atoms with Crippen LogP contribution in [-0.2, 0) is 4.79 Å². The van der Waals surface area contributed by atoms with Crippen LogP contribution in [0.2, 0.25) is 0 Å². The predicted octanol–water partition coefficient (Wildman–Crippen LogP) is 3.61. The van der Waals surface area contributed by atoms with Crippen LogP contribution in [0.3, 0.4) is 0 Å². The van der Waals surface area contributed by atoms with E-state index in [1.165, 1.54) is 25.7 Å². The highest BCUT2D eigenvalue weighted by atomic mass is 16.5. The van der Waals surface area contributed by atoms with E-state index in [1.807, 2.05) is 24.3 Å². The van der Waals surface area contributed by atoms with E-state index in [2.05, 4.69) is 22.1 Å². The third kappa shape index (κ3) is 6.40. The summed E-state index contributed by atoms with van der Waals surface area (Å²) in [5.41, 5.74) is 1.55. The van der Waals surface area contributed by atoms with Crippen LogP contribution < -0.4 is 10.1 Å². The van der Waals surface area contributed by atoms with Gasteiger partial charge in [-0.15, -0.1) is 0 Å². The van der Waals surface area contributed by atoms with E-state index in [1.54, 1.807) is 13.3 Å². The molecule has 0 bridgehead atoms. The van der Waals surface area contributed by atoms with E-state index in [4.69, 9.17) is 4.74 Å². The van der Waals surface area contributed by atoms with Gasteiger partial charge in [-0.2, -0.15) is 0 Å². The van der Waals surface area contributed by atoms with Gasteiger partial charge < -0.3 is 25.2 Å². The Bertz CT molecular complexity index is 875. The number of carbonyl (C=O) groups is 1. The lowest BCUT2D eigenvalue weighted by atomic mass is 9.91. The minimum Gasteiger partial charge on any atom is -0.497 e. The number of likely N-dealkylation sites (tertiary alicyclic amines) is 1. The molecule has 1 saturated heterocycles. The number of carboxylic acids is 1. The average Bonchev–Trinajstić information content (AvgIpc) is 2.81. The molecule has 0 amide bonds. The third-order valence-corrected chi connectivity index (χ3v) is 6.51. The summed E-state index contributed by atoms with van der Waals surface area (Å²) in [4.78, 5) is 18.6. The van der Waals surface area contributed by atoms with Crippen LogP contribution in [0.1, 0.15) is 57.1 Å². The van der Waals surface area contributed by atoms with Crippen LogP contribution in [0.5, 0.6) is 5.75 Å². The molecule has 1 aliphatic heterocycles. The molecule has 1 fully saturated rings. The highest BCUT2D eigenvalue weighted by Gasteiger charge is 2.34. The smallest absolute Gasteiger partial charge is 0.309 e. The molecule has 1 aromatic heterocycles. The lowest BCUT2D eigenvalue weighted by Gasteiger charge is -2.37. The summed E-state index contributed by atoms with van der Waals surface area (Å²) in [6.45, 7) is 4.92. The van der Waals surface area contributed by atoms with Gasteiger partial charge in [0.05, 0.1) is 24.6 Å². The minimum absolute atomic E-state index is 0.152. The zero-order valence-corrected chi connectivity index (χ0v) is 19.3. The van der Waals surface area contributed by atoms with Crippen molar-refractivity contribution in [2.75, 3.05) is 33.3 Å². The highest BCUT2D eigenvalue weighted by molar-refractivity contribution is 5.83. The number of unbranched alkanes of at least 4 members (excludes halogenated alkanes) is 4. The van der Waals surface area contributed by atoms with Crippen molar-refractivity contribution in [2.24, 2.45) is 5.92 Å². The first-order chi connectivity index (χ1) is 15.5. The summed E-state index contributed by atoms with van der Waals surface area (Å²) in [6, 6.07) is 7.25. The Morgan fingerprint density at radius 1 is 1.28 bits per heavy atom. The lowest BCUT2D eigenvalue weighted by Crippen LogP contribution is -2.53. The van der Waals surface area contributed by atoms with Crippen molar-refractivity contribution in [1.82, 2.24) is 15.2 Å². The summed E-state index contributed by atoms with van der Waals surface area (Å²) in [5, 5.41) is 24.9. The molecule has 0 radical (unpaired) electrons. The Morgan fingerprint density at radius 3 is 2.84 bits per heavy atom. The normalized spacial score (nSPS) is 20.3. The van der Waals surface area contributed by atoms with Gasteiger partial charge in [0, 0.05) is 30.7 Å². The van der Waals surface area contributed by atoms with Crippen LogP contribution in [0.4, 0.5) is 0 Å². The van der Waals surface area contributed by atoms with Gasteiger partial charge in [0.1, 0.15) is 5.75 Å². The first kappa shape index (κ1) is 24.4. The van der Waals surface area contributed by atoms with Crippen molar-refractivity contribution in [3.05, 3.63) is 36.0 Å². The summed E-state index contributed by atoms with van der Waals surface area (Å²) in [6.07, 6.45) is 7.78. The van der Waals surface area contributed by atoms with Gasteiger partial charge in [0.15, 0.2) is 0 Å². The molecule has 7 nitrogen and oxygen atoms in total. The molecule has 0 spiro atoms. The number of piperidine rings is 1. The number of hydrogen-bond donors (Lipinski definition) is 3. The van der Waals surface area contributed by atoms with Gasteiger partial charge in [0.2, 0.25) is 0 Å². The maximum atomic E-state index is 11.9. The second kappa shape index (κ2) is 12.1. The number of aromatic nitrogens is 1. The largest absolute Gasteiger partial charge is 0.497 e. The van der Waals surface area contributed by atoms with Crippen molar-refractivity contribution in [2.45, 2.75) is 57.6 Å². The van der Waals surface area contributed by atoms with Crippen molar-refractivity contribution >= 4 is 16.9 Å². The molecular weight excluding hydrogens is 406 g/mol. The molecule has 2 heterocycles. The molecule has 176 valence electrons. The number of hydrogen-bond acceptors (Lipinski definition) is 6. The summed E-state index contributed by atoms with van der Waals surface area (Å²) >= 11 is 0. The molecule has 32 heavy (non-hydrogen) atoms. The van der Waals surface area contributed by atoms with Gasteiger partial charge >= 0.3 is 5.97 Å². The highest BCUT2D eigenvalue weighted by Crippen LogP contribution is 2.27. The number of nitrogens with zero attached hydrogens (tertiary/aromatic N) is 2. The zero-order valence-electron chi connectivity index (χ0n) is 19.3. The molecule has 1 aromatic carbocycles. The number of methoxy groups -OCH3 is 1. The molecule has 3 rings (SSSR count). The average molecular weight is 444 g/mol. The molecule has 3 atom stereocenters. The van der Waals surface area contributed by atoms with Crippen LogP contribution in [0.25, 0.3) is 10.9 Å². The Labute approximate surface area is 190 Å². The number of rotatable bonds is 12. The van der Waals surface area contributed by atoms with E-state index in [0.29, 0.717) is 18.8 Å². The fourth-order valence-corrected chi connectivity index (χ4v) is 4.59. The van der Waals surface area contributed by atoms with Crippen LogP contribution in [0.15, 0.2) is 30.5 Å². The molecule has 0 aliphatic carbocycles. The number of aliphatic hydroxyl groups is 1. The zero-order chi connectivity index (χ0) is 22.9. The second-order valence-corrected chi connectivity index (χ2v) is 8.76. The number of benzene rings is 1. The number of carboxylic acid groups (broad SMARTS) is 1. The second-order valence-electron chi connectivity index (χ2n) is 8.76. The van der Waals surface area contributed by atoms with Crippen molar-refractivity contribution in [3.8, 4) is 5.75 Å². The van der Waals surface area contributed by atoms with Crippen LogP contribution in [-0.4, -0.2) is 65.4 Å². The maximum Gasteiger partial charge on any atom is 0.309 e. The molecule has 7 heteroatoms. The fourth-order valence-electron chi connectivity index (χ4n) is 4.59. The number of fused-ring (bicyclic) bond motifs is 1. The first-order valence-electron chi connectivity index (χ1n) is 11.8. The summed E-state index contributed by atoms with van der Waals surface area (Å²) in [5.74, 6) is -0.535. The fraction of sp³-hybridized carbons (Fsp3) is 0.600. The van der Waals surface area contributed by atoms with E-state index in [0.717, 1.165) is 42.4 Å². The number of nitrogens with one attached hydrogen (secondary N) is 1. The number of aliphatic hydroxyl groups excluding tert-OH is 1. The van der Waals surface area contributed by atoms with Crippen molar-refractivity contribution < 1.29 is 19.7 Å². The number of ether oxygens (including phenoxy) is 1. The maximum absolute atomic E-state index is 11.9. The summed E-state index contributed by atoms with van der Waals surface area (Å²) < 4.78 is 5.31. The molecule has 2 aromatic rings. The van der Waals surface area contributed by atoms with Gasteiger partial charge in [-0.3, -0.25) is 9.78 Å². The summed E-state index contributed by atoms with van der Waals surface area (Å²) in [7, 11) is 1.61. The predicted molar refractivity (Wildman–Crippen MR) is 126 cm³/mol. The van der Waals surface area contributed by atoms with E-state index in [9.17, 15) is 15.0 Å². The Balaban J connectivity index is 1.58. The Morgan fingerprint density at radius 2 is 2.09 bits per heavy atom. The van der Waals surface area contributed by atoms with Crippen LogP contribution in [0, 0.1) is 5.92 Å². The van der Waals surface area contributed by atoms with E-state index < -0.39 is 18.0 Å². The SMILES string of the molecule is CCCCCCCN1CC[C@@H](NC[C@H](O)c2ccnc3ccc(OC)cc23)[C@@H](C(=O)O)C1. The monoisotopic (exact) mass is 443 g/mol. The quantitative estimate of drug-likeness (QED) is 0.431. The Hall–Kier alpha value is -2.22. The molecule has 0 unspecified atom stereocenters. The van der Waals surface area contributed by atoms with Crippen LogP contribution >= 0.6 is 0 Å². The van der Waals surface area contributed by atoms with Crippen molar-refractivity contribution in [3.63, 3.8) is 0 Å². The first-order valence-corrected chi connectivity index (χ1v) is 11.8. The Kier molecular flexibility index (Phi) is 9.26. The molecule has 0 saturated carbocycles. The number of aliphatic carboxylic acids is 1.